The molecule has 0 radical (unpaired) electrons. The van der Waals surface area contributed by atoms with Crippen molar-refractivity contribution in [2.45, 2.75) is 52.5 Å². The first-order valence-corrected chi connectivity index (χ1v) is 8.84. The third-order valence-electron chi connectivity index (χ3n) is 5.20. The Hall–Kier alpha value is -2.37. The minimum atomic E-state index is -0.628. The van der Waals surface area contributed by atoms with Gasteiger partial charge >= 0.3 is 0 Å². The van der Waals surface area contributed by atoms with E-state index in [1.54, 1.807) is 11.1 Å². The van der Waals surface area contributed by atoms with Crippen LogP contribution in [0.25, 0.3) is 0 Å². The van der Waals surface area contributed by atoms with Gasteiger partial charge in [-0.15, -0.1) is 0 Å². The molecule has 0 aliphatic carbocycles. The molecule has 1 atom stereocenters. The molecule has 1 saturated heterocycles. The Morgan fingerprint density at radius 2 is 2.08 bits per heavy atom. The van der Waals surface area contributed by atoms with Gasteiger partial charge in [-0.05, 0) is 31.4 Å². The summed E-state index contributed by atoms with van der Waals surface area (Å²) in [6, 6.07) is 5.55. The smallest absolute Gasteiger partial charge is 0.291 e. The minimum absolute atomic E-state index is 0.130. The predicted octanol–water partition coefficient (Wildman–Crippen LogP) is 2.63. The second-order valence-corrected chi connectivity index (χ2v) is 7.25. The summed E-state index contributed by atoms with van der Waals surface area (Å²) in [4.78, 5) is 31.3. The third-order valence-corrected chi connectivity index (χ3v) is 5.20. The Labute approximate surface area is 148 Å². The van der Waals surface area contributed by atoms with Crippen LogP contribution in [0.3, 0.4) is 0 Å². The van der Waals surface area contributed by atoms with Gasteiger partial charge in [0.15, 0.2) is 0 Å². The summed E-state index contributed by atoms with van der Waals surface area (Å²) >= 11 is 0. The topological polar surface area (TPSA) is 75.0 Å². The molecular formula is C19H24N4O2. The van der Waals surface area contributed by atoms with Crippen molar-refractivity contribution in [3.05, 3.63) is 30.1 Å². The van der Waals surface area contributed by atoms with E-state index in [0.29, 0.717) is 19.4 Å². The van der Waals surface area contributed by atoms with Crippen LogP contribution >= 0.6 is 0 Å². The molecule has 0 aromatic carbocycles. The quantitative estimate of drug-likeness (QED) is 0.773. The number of hydrogen-bond acceptors (Lipinski definition) is 5. The molecule has 0 bridgehead atoms. The van der Waals surface area contributed by atoms with Gasteiger partial charge in [0.1, 0.15) is 0 Å². The number of rotatable bonds is 5. The molecule has 3 rings (SSSR count). The van der Waals surface area contributed by atoms with Crippen molar-refractivity contribution in [2.24, 2.45) is 15.6 Å². The van der Waals surface area contributed by atoms with Crippen LogP contribution in [-0.2, 0) is 9.59 Å². The lowest BCUT2D eigenvalue weighted by molar-refractivity contribution is -0.149. The minimum Gasteiger partial charge on any atom is -0.328 e. The van der Waals surface area contributed by atoms with E-state index in [1.165, 1.54) is 0 Å². The molecule has 1 amide bonds. The number of nitrogens with zero attached hydrogens (tertiary/aromatic N) is 4. The van der Waals surface area contributed by atoms with Crippen LogP contribution in [0.4, 0.5) is 0 Å². The predicted molar refractivity (Wildman–Crippen MR) is 96.6 cm³/mol. The van der Waals surface area contributed by atoms with Gasteiger partial charge < -0.3 is 4.90 Å². The number of likely N-dealkylation sites (tertiary alicyclic amines) is 1. The summed E-state index contributed by atoms with van der Waals surface area (Å²) < 4.78 is 0. The van der Waals surface area contributed by atoms with Crippen LogP contribution in [0.5, 0.6) is 0 Å². The van der Waals surface area contributed by atoms with Gasteiger partial charge in [-0.2, -0.15) is 10.2 Å². The van der Waals surface area contributed by atoms with E-state index in [9.17, 15) is 9.59 Å². The van der Waals surface area contributed by atoms with Crippen LogP contribution in [-0.4, -0.2) is 45.6 Å². The van der Waals surface area contributed by atoms with E-state index in [2.05, 4.69) is 15.2 Å². The Morgan fingerprint density at radius 3 is 2.76 bits per heavy atom. The highest BCUT2D eigenvalue weighted by Gasteiger charge is 2.41. The second kappa shape index (κ2) is 6.86. The third kappa shape index (κ3) is 3.38. The first-order chi connectivity index (χ1) is 11.9. The van der Waals surface area contributed by atoms with Crippen molar-refractivity contribution in [2.75, 3.05) is 6.54 Å². The Kier molecular flexibility index (Phi) is 4.79. The van der Waals surface area contributed by atoms with Crippen molar-refractivity contribution < 1.29 is 9.59 Å². The largest absolute Gasteiger partial charge is 0.328 e. The molecule has 1 aromatic heterocycles. The molecule has 2 aliphatic rings. The molecule has 0 spiro atoms. The van der Waals surface area contributed by atoms with Crippen LogP contribution < -0.4 is 0 Å². The Bertz CT molecular complexity index is 737. The molecule has 1 unspecified atom stereocenters. The van der Waals surface area contributed by atoms with Crippen LogP contribution in [0.15, 0.2) is 34.6 Å². The molecule has 2 aliphatic heterocycles. The maximum atomic E-state index is 12.7. The lowest BCUT2D eigenvalue weighted by Crippen LogP contribution is -2.47. The number of carbonyl (C=O) groups excluding carboxylic acids is 2. The summed E-state index contributed by atoms with van der Waals surface area (Å²) in [5.41, 5.74) is 1.85. The Balaban J connectivity index is 1.71. The van der Waals surface area contributed by atoms with Gasteiger partial charge in [-0.1, -0.05) is 26.8 Å². The summed E-state index contributed by atoms with van der Waals surface area (Å²) in [6.07, 6.45) is 4.66. The lowest BCUT2D eigenvalue weighted by atomic mass is 9.84. The monoisotopic (exact) mass is 340 g/mol. The maximum absolute atomic E-state index is 12.7. The number of pyridine rings is 1. The summed E-state index contributed by atoms with van der Waals surface area (Å²) in [5.74, 6) is -0.699. The molecule has 25 heavy (non-hydrogen) atoms. The molecule has 1 aromatic rings. The molecule has 132 valence electrons. The lowest BCUT2D eigenvalue weighted by Gasteiger charge is -2.28. The standard InChI is InChI=1S/C19H24N4O2/c1-4-19(2,3)17(24)18(25)23-11-7-9-16(23)15-12-14(21-22-15)13-8-5-6-10-20-13/h5-6,8,10,16H,4,7,9,11-12H2,1-3H3. The van der Waals surface area contributed by atoms with Crippen LogP contribution in [0.1, 0.15) is 52.1 Å². The van der Waals surface area contributed by atoms with E-state index in [-0.39, 0.29) is 17.7 Å². The number of aromatic nitrogens is 1. The zero-order valence-corrected chi connectivity index (χ0v) is 15.0. The van der Waals surface area contributed by atoms with E-state index >= 15 is 0 Å². The summed E-state index contributed by atoms with van der Waals surface area (Å²) in [5, 5.41) is 8.56. The number of hydrogen-bond donors (Lipinski definition) is 0. The number of Topliss-reactive ketones (excluding diaryl/α,β-unsaturated/α-hetero) is 1. The summed E-state index contributed by atoms with van der Waals surface area (Å²) in [6.45, 7) is 6.19. The van der Waals surface area contributed by atoms with Crippen molar-refractivity contribution in [1.82, 2.24) is 9.88 Å². The fraction of sp³-hybridized carbons (Fsp3) is 0.526. The molecule has 0 N–H and O–H groups in total. The molecule has 0 saturated carbocycles. The van der Waals surface area contributed by atoms with Gasteiger partial charge in [0.05, 0.1) is 23.2 Å². The summed E-state index contributed by atoms with van der Waals surface area (Å²) in [7, 11) is 0. The molecule has 6 heteroatoms. The average molecular weight is 340 g/mol. The highest BCUT2D eigenvalue weighted by atomic mass is 16.2. The first-order valence-electron chi connectivity index (χ1n) is 8.84. The van der Waals surface area contributed by atoms with Crippen molar-refractivity contribution in [3.63, 3.8) is 0 Å². The highest BCUT2D eigenvalue weighted by Crippen LogP contribution is 2.27. The Morgan fingerprint density at radius 1 is 1.28 bits per heavy atom. The molecular weight excluding hydrogens is 316 g/mol. The van der Waals surface area contributed by atoms with E-state index in [0.717, 1.165) is 30.0 Å². The average Bonchev–Trinajstić information content (AvgIpc) is 3.30. The van der Waals surface area contributed by atoms with Crippen LogP contribution in [0, 0.1) is 5.41 Å². The first kappa shape index (κ1) is 17.5. The fourth-order valence-electron chi connectivity index (χ4n) is 3.16. The highest BCUT2D eigenvalue weighted by molar-refractivity contribution is 6.38. The van der Waals surface area contributed by atoms with Gasteiger partial charge in [0, 0.05) is 24.6 Å². The maximum Gasteiger partial charge on any atom is 0.291 e. The van der Waals surface area contributed by atoms with Gasteiger partial charge in [-0.3, -0.25) is 14.6 Å². The number of amides is 1. The van der Waals surface area contributed by atoms with Crippen molar-refractivity contribution >= 4 is 23.1 Å². The molecule has 6 nitrogen and oxygen atoms in total. The normalized spacial score (nSPS) is 20.4. The number of ketones is 1. The zero-order valence-electron chi connectivity index (χ0n) is 15.0. The molecule has 3 heterocycles. The molecule has 1 fully saturated rings. The second-order valence-electron chi connectivity index (χ2n) is 7.25. The fourth-order valence-corrected chi connectivity index (χ4v) is 3.16. The van der Waals surface area contributed by atoms with E-state index in [1.807, 2.05) is 39.0 Å². The van der Waals surface area contributed by atoms with Crippen LogP contribution in [0.2, 0.25) is 0 Å². The zero-order chi connectivity index (χ0) is 18.0. The van der Waals surface area contributed by atoms with E-state index in [4.69, 9.17) is 0 Å². The van der Waals surface area contributed by atoms with Gasteiger partial charge in [-0.25, -0.2) is 0 Å². The van der Waals surface area contributed by atoms with Crippen molar-refractivity contribution in [3.8, 4) is 0 Å². The van der Waals surface area contributed by atoms with Crippen molar-refractivity contribution in [1.29, 1.82) is 0 Å². The SMILES string of the molecule is CCC(C)(C)C(=O)C(=O)N1CCCC1C1=NN=C(c2ccccn2)C1. The van der Waals surface area contributed by atoms with Gasteiger partial charge in [0.2, 0.25) is 5.78 Å². The number of carbonyl (C=O) groups is 2. The van der Waals surface area contributed by atoms with E-state index < -0.39 is 5.41 Å². The van der Waals surface area contributed by atoms with Gasteiger partial charge in [0.25, 0.3) is 5.91 Å².